The molecule has 6 heteroatoms. The molecule has 2 aromatic rings. The Morgan fingerprint density at radius 2 is 1.65 bits per heavy atom. The highest BCUT2D eigenvalue weighted by molar-refractivity contribution is 5.93. The molecular weight excluding hydrogens is 294 g/mol. The number of hydrogen-bond acceptors (Lipinski definition) is 3. The molecule has 0 saturated heterocycles. The number of hydrogen-bond donors (Lipinski definition) is 3. The maximum Gasteiger partial charge on any atom is 0.316 e. The van der Waals surface area contributed by atoms with Crippen molar-refractivity contribution in [3.05, 3.63) is 54.6 Å². The lowest BCUT2D eigenvalue weighted by Gasteiger charge is -2.08. The SMILES string of the molecule is NC(=O)Nc1cccc(NC(=O)CCCOc2ccccc2)c1. The number of nitrogens with two attached hydrogens (primary N) is 1. The molecule has 0 spiro atoms. The number of nitrogens with one attached hydrogen (secondary N) is 2. The fourth-order valence-corrected chi connectivity index (χ4v) is 1.98. The van der Waals surface area contributed by atoms with Crippen molar-refractivity contribution >= 4 is 23.3 Å². The van der Waals surface area contributed by atoms with E-state index in [2.05, 4.69) is 10.6 Å². The first-order chi connectivity index (χ1) is 11.1. The van der Waals surface area contributed by atoms with Gasteiger partial charge in [0.2, 0.25) is 5.91 Å². The van der Waals surface area contributed by atoms with E-state index in [4.69, 9.17) is 10.5 Å². The van der Waals surface area contributed by atoms with Crippen LogP contribution in [0.15, 0.2) is 54.6 Å². The van der Waals surface area contributed by atoms with E-state index in [-0.39, 0.29) is 5.91 Å². The molecule has 4 N–H and O–H groups in total. The van der Waals surface area contributed by atoms with E-state index < -0.39 is 6.03 Å². The minimum absolute atomic E-state index is 0.113. The summed E-state index contributed by atoms with van der Waals surface area (Å²) in [7, 11) is 0. The first-order valence-electron chi connectivity index (χ1n) is 7.28. The third kappa shape index (κ3) is 6.09. The van der Waals surface area contributed by atoms with E-state index in [1.54, 1.807) is 24.3 Å². The highest BCUT2D eigenvalue weighted by atomic mass is 16.5. The Hall–Kier alpha value is -3.02. The van der Waals surface area contributed by atoms with Crippen LogP contribution in [0.3, 0.4) is 0 Å². The van der Waals surface area contributed by atoms with Crippen molar-refractivity contribution in [3.8, 4) is 5.75 Å². The van der Waals surface area contributed by atoms with Crippen molar-refractivity contribution in [2.75, 3.05) is 17.2 Å². The third-order valence-electron chi connectivity index (χ3n) is 2.97. The van der Waals surface area contributed by atoms with Gasteiger partial charge in [0.25, 0.3) is 0 Å². The van der Waals surface area contributed by atoms with Gasteiger partial charge in [-0.2, -0.15) is 0 Å². The minimum atomic E-state index is -0.647. The predicted molar refractivity (Wildman–Crippen MR) is 89.4 cm³/mol. The van der Waals surface area contributed by atoms with Crippen LogP contribution in [0.1, 0.15) is 12.8 Å². The van der Waals surface area contributed by atoms with E-state index in [0.29, 0.717) is 30.8 Å². The van der Waals surface area contributed by atoms with Crippen LogP contribution in [0, 0.1) is 0 Å². The summed E-state index contributed by atoms with van der Waals surface area (Å²) >= 11 is 0. The molecule has 0 aliphatic rings. The number of rotatable bonds is 7. The molecule has 2 aromatic carbocycles. The zero-order chi connectivity index (χ0) is 16.5. The van der Waals surface area contributed by atoms with Gasteiger partial charge >= 0.3 is 6.03 Å². The van der Waals surface area contributed by atoms with Crippen LogP contribution in [-0.4, -0.2) is 18.5 Å². The Morgan fingerprint density at radius 1 is 0.957 bits per heavy atom. The van der Waals surface area contributed by atoms with Gasteiger partial charge in [-0.25, -0.2) is 4.79 Å². The second kappa shape index (κ2) is 8.43. The Bertz CT molecular complexity index is 659. The molecule has 0 bridgehead atoms. The number of amides is 3. The molecule has 0 aliphatic heterocycles. The highest BCUT2D eigenvalue weighted by Crippen LogP contribution is 2.15. The van der Waals surface area contributed by atoms with Crippen LogP contribution in [0.25, 0.3) is 0 Å². The van der Waals surface area contributed by atoms with Crippen LogP contribution in [0.5, 0.6) is 5.75 Å². The normalized spacial score (nSPS) is 9.91. The average Bonchev–Trinajstić information content (AvgIpc) is 2.52. The summed E-state index contributed by atoms with van der Waals surface area (Å²) in [5.74, 6) is 0.677. The fraction of sp³-hybridized carbons (Fsp3) is 0.176. The van der Waals surface area contributed by atoms with Crippen molar-refractivity contribution in [2.45, 2.75) is 12.8 Å². The van der Waals surface area contributed by atoms with Crippen molar-refractivity contribution in [1.82, 2.24) is 0 Å². The van der Waals surface area contributed by atoms with E-state index in [1.807, 2.05) is 30.3 Å². The maximum atomic E-state index is 11.9. The molecule has 0 aromatic heterocycles. The summed E-state index contributed by atoms with van der Waals surface area (Å²) in [4.78, 5) is 22.7. The lowest BCUT2D eigenvalue weighted by atomic mass is 10.2. The minimum Gasteiger partial charge on any atom is -0.494 e. The number of para-hydroxylation sites is 1. The molecule has 0 fully saturated rings. The Labute approximate surface area is 134 Å². The molecule has 0 aliphatic carbocycles. The smallest absolute Gasteiger partial charge is 0.316 e. The fourth-order valence-electron chi connectivity index (χ4n) is 1.98. The highest BCUT2D eigenvalue weighted by Gasteiger charge is 2.04. The number of primary amides is 1. The lowest BCUT2D eigenvalue weighted by molar-refractivity contribution is -0.116. The summed E-state index contributed by atoms with van der Waals surface area (Å²) in [5, 5.41) is 5.22. The van der Waals surface area contributed by atoms with Crippen molar-refractivity contribution in [3.63, 3.8) is 0 Å². The van der Waals surface area contributed by atoms with Crippen LogP contribution >= 0.6 is 0 Å². The molecular formula is C17H19N3O3. The van der Waals surface area contributed by atoms with Gasteiger partial charge in [0, 0.05) is 17.8 Å². The number of anilines is 2. The number of carbonyl (C=O) groups excluding carboxylic acids is 2. The number of benzene rings is 2. The van der Waals surface area contributed by atoms with Gasteiger partial charge in [-0.1, -0.05) is 24.3 Å². The van der Waals surface area contributed by atoms with Gasteiger partial charge in [-0.05, 0) is 36.8 Å². The lowest BCUT2D eigenvalue weighted by Crippen LogP contribution is -2.19. The molecule has 3 amide bonds. The van der Waals surface area contributed by atoms with Crippen LogP contribution in [-0.2, 0) is 4.79 Å². The van der Waals surface area contributed by atoms with E-state index in [1.165, 1.54) is 0 Å². The van der Waals surface area contributed by atoms with Gasteiger partial charge in [-0.3, -0.25) is 4.79 Å². The van der Waals surface area contributed by atoms with Gasteiger partial charge in [0.05, 0.1) is 6.61 Å². The van der Waals surface area contributed by atoms with Crippen LogP contribution < -0.4 is 21.1 Å². The molecule has 0 radical (unpaired) electrons. The van der Waals surface area contributed by atoms with E-state index in [0.717, 1.165) is 5.75 Å². The van der Waals surface area contributed by atoms with Gasteiger partial charge in [0.1, 0.15) is 5.75 Å². The second-order valence-corrected chi connectivity index (χ2v) is 4.88. The quantitative estimate of drug-likeness (QED) is 0.686. The number of carbonyl (C=O) groups is 2. The number of ether oxygens (including phenoxy) is 1. The Balaban J connectivity index is 1.73. The summed E-state index contributed by atoms with van der Waals surface area (Å²) in [6, 6.07) is 15.6. The summed E-state index contributed by atoms with van der Waals surface area (Å²) in [5.41, 5.74) is 6.19. The van der Waals surface area contributed by atoms with Gasteiger partial charge in [-0.15, -0.1) is 0 Å². The van der Waals surface area contributed by atoms with Crippen LogP contribution in [0.2, 0.25) is 0 Å². The van der Waals surface area contributed by atoms with Gasteiger partial charge in [0.15, 0.2) is 0 Å². The monoisotopic (exact) mass is 313 g/mol. The van der Waals surface area contributed by atoms with Crippen molar-refractivity contribution < 1.29 is 14.3 Å². The van der Waals surface area contributed by atoms with E-state index >= 15 is 0 Å². The summed E-state index contributed by atoms with van der Waals surface area (Å²) in [6.45, 7) is 0.473. The molecule has 0 saturated carbocycles. The first-order valence-corrected chi connectivity index (χ1v) is 7.28. The predicted octanol–water partition coefficient (Wildman–Crippen LogP) is 2.97. The standard InChI is InChI=1S/C17H19N3O3/c18-17(22)20-14-7-4-6-13(12-14)19-16(21)10-5-11-23-15-8-2-1-3-9-15/h1-4,6-9,12H,5,10-11H2,(H,19,21)(H3,18,20,22). The van der Waals surface area contributed by atoms with Gasteiger partial charge < -0.3 is 21.1 Å². The maximum absolute atomic E-state index is 11.9. The molecule has 2 rings (SSSR count). The average molecular weight is 313 g/mol. The van der Waals surface area contributed by atoms with Crippen LogP contribution in [0.4, 0.5) is 16.2 Å². The van der Waals surface area contributed by atoms with Crippen molar-refractivity contribution in [2.24, 2.45) is 5.73 Å². The first kappa shape index (κ1) is 16.4. The van der Waals surface area contributed by atoms with E-state index in [9.17, 15) is 9.59 Å². The molecule has 120 valence electrons. The third-order valence-corrected chi connectivity index (χ3v) is 2.97. The molecule has 0 unspecified atom stereocenters. The zero-order valence-corrected chi connectivity index (χ0v) is 12.6. The molecule has 6 nitrogen and oxygen atoms in total. The number of urea groups is 1. The summed E-state index contributed by atoms with van der Waals surface area (Å²) in [6.07, 6.45) is 0.959. The second-order valence-electron chi connectivity index (χ2n) is 4.88. The van der Waals surface area contributed by atoms with Crippen molar-refractivity contribution in [1.29, 1.82) is 0 Å². The molecule has 0 heterocycles. The zero-order valence-electron chi connectivity index (χ0n) is 12.6. The summed E-state index contributed by atoms with van der Waals surface area (Å²) < 4.78 is 5.53. The topological polar surface area (TPSA) is 93.5 Å². The molecule has 23 heavy (non-hydrogen) atoms. The largest absolute Gasteiger partial charge is 0.494 e. The Morgan fingerprint density at radius 3 is 2.35 bits per heavy atom. The molecule has 0 atom stereocenters. The Kier molecular flexibility index (Phi) is 5.99.